The Labute approximate surface area is 163 Å². The van der Waals surface area contributed by atoms with E-state index in [0.717, 1.165) is 19.3 Å². The zero-order valence-electron chi connectivity index (χ0n) is 17.5. The molecule has 5 amide bonds. The first-order chi connectivity index (χ1) is 12.8. The average Bonchev–Trinajstić information content (AvgIpc) is 2.65. The molecule has 0 aromatic carbocycles. The number of unbranched alkanes of at least 4 members (excludes halogenated alkanes) is 1. The van der Waals surface area contributed by atoms with Crippen LogP contribution in [0, 0.1) is 5.92 Å². The van der Waals surface area contributed by atoms with Crippen LogP contribution in [0.4, 0.5) is 9.59 Å². The van der Waals surface area contributed by atoms with E-state index in [1.807, 2.05) is 27.7 Å². The van der Waals surface area contributed by atoms with Crippen LogP contribution in [0.3, 0.4) is 0 Å². The summed E-state index contributed by atoms with van der Waals surface area (Å²) >= 11 is 0. The highest BCUT2D eigenvalue weighted by Gasteiger charge is 2.35. The number of amides is 5. The molecule has 3 unspecified atom stereocenters. The van der Waals surface area contributed by atoms with E-state index in [1.54, 1.807) is 9.80 Å². The monoisotopic (exact) mass is 383 g/mol. The molecule has 1 aliphatic rings. The minimum absolute atomic E-state index is 0.0331. The number of carbonyl (C=O) groups is 3. The summed E-state index contributed by atoms with van der Waals surface area (Å²) in [6.45, 7) is 12.5. The Hall–Kier alpha value is -1.99. The van der Waals surface area contributed by atoms with Gasteiger partial charge in [-0.2, -0.15) is 0 Å². The summed E-state index contributed by atoms with van der Waals surface area (Å²) in [6.07, 6.45) is 2.78. The van der Waals surface area contributed by atoms with E-state index in [1.165, 1.54) is 0 Å². The quantitative estimate of drug-likeness (QED) is 0.558. The zero-order valence-corrected chi connectivity index (χ0v) is 17.5. The molecule has 8 heteroatoms. The summed E-state index contributed by atoms with van der Waals surface area (Å²) < 4.78 is 0. The van der Waals surface area contributed by atoms with Crippen molar-refractivity contribution < 1.29 is 14.4 Å². The van der Waals surface area contributed by atoms with Crippen LogP contribution in [0.1, 0.15) is 53.9 Å². The van der Waals surface area contributed by atoms with Crippen molar-refractivity contribution in [1.29, 1.82) is 0 Å². The van der Waals surface area contributed by atoms with Gasteiger partial charge < -0.3 is 25.8 Å². The molecule has 0 aromatic heterocycles. The molecule has 0 saturated carbocycles. The topological polar surface area (TPSA) is 93.8 Å². The van der Waals surface area contributed by atoms with Crippen LogP contribution in [0.25, 0.3) is 0 Å². The Morgan fingerprint density at radius 1 is 1.11 bits per heavy atom. The van der Waals surface area contributed by atoms with Gasteiger partial charge >= 0.3 is 12.1 Å². The lowest BCUT2D eigenvalue weighted by molar-refractivity contribution is -0.136. The minimum atomic E-state index is -0.557. The summed E-state index contributed by atoms with van der Waals surface area (Å²) in [5, 5.41) is 8.44. The molecule has 8 nitrogen and oxygen atoms in total. The Kier molecular flexibility index (Phi) is 9.96. The second kappa shape index (κ2) is 11.7. The van der Waals surface area contributed by atoms with Crippen LogP contribution >= 0.6 is 0 Å². The summed E-state index contributed by atoms with van der Waals surface area (Å²) in [4.78, 5) is 40.8. The fraction of sp³-hybridized carbons (Fsp3) is 0.842. The third-order valence-corrected chi connectivity index (χ3v) is 5.11. The minimum Gasteiger partial charge on any atom is -0.338 e. The van der Waals surface area contributed by atoms with Crippen molar-refractivity contribution in [2.45, 2.75) is 66.0 Å². The lowest BCUT2D eigenvalue weighted by atomic mass is 9.97. The largest absolute Gasteiger partial charge is 0.338 e. The third-order valence-electron chi connectivity index (χ3n) is 5.11. The van der Waals surface area contributed by atoms with Crippen molar-refractivity contribution in [2.24, 2.45) is 5.92 Å². The van der Waals surface area contributed by atoms with Crippen LogP contribution in [0.5, 0.6) is 0 Å². The molecule has 1 fully saturated rings. The average molecular weight is 384 g/mol. The number of nitrogens with one attached hydrogen (secondary N) is 3. The van der Waals surface area contributed by atoms with Gasteiger partial charge in [-0.25, -0.2) is 9.59 Å². The zero-order chi connectivity index (χ0) is 20.4. The van der Waals surface area contributed by atoms with E-state index in [4.69, 9.17) is 0 Å². The number of urea groups is 2. The van der Waals surface area contributed by atoms with Gasteiger partial charge in [0.1, 0.15) is 6.04 Å². The SMILES string of the molecule is CCCCNC(=O)N1CCN(C(=O)C(NC(=O)NCC)C(C)CC)CC1C. The standard InChI is InChI=1S/C19H37N5O3/c1-6-9-10-21-19(27)24-12-11-23(13-15(24)5)17(25)16(14(4)7-2)22-18(26)20-8-3/h14-16H,6-13H2,1-5H3,(H,21,27)(H2,20,22,26). The van der Waals surface area contributed by atoms with Gasteiger partial charge in [0.2, 0.25) is 5.91 Å². The number of carbonyl (C=O) groups excluding carboxylic acids is 3. The van der Waals surface area contributed by atoms with Crippen molar-refractivity contribution in [3.8, 4) is 0 Å². The van der Waals surface area contributed by atoms with Gasteiger partial charge in [0.15, 0.2) is 0 Å². The van der Waals surface area contributed by atoms with Crippen molar-refractivity contribution in [1.82, 2.24) is 25.8 Å². The summed E-state index contributed by atoms with van der Waals surface area (Å²) in [6, 6.07) is -1.01. The first-order valence-corrected chi connectivity index (χ1v) is 10.2. The van der Waals surface area contributed by atoms with Gasteiger partial charge in [-0.15, -0.1) is 0 Å². The number of hydrogen-bond donors (Lipinski definition) is 3. The highest BCUT2D eigenvalue weighted by atomic mass is 16.2. The maximum absolute atomic E-state index is 13.0. The lowest BCUT2D eigenvalue weighted by Crippen LogP contribution is -2.61. The van der Waals surface area contributed by atoms with Gasteiger partial charge in [-0.3, -0.25) is 4.79 Å². The van der Waals surface area contributed by atoms with E-state index in [0.29, 0.717) is 32.7 Å². The summed E-state index contributed by atoms with van der Waals surface area (Å²) in [5.41, 5.74) is 0. The number of hydrogen-bond acceptors (Lipinski definition) is 3. The normalized spacial score (nSPS) is 19.2. The van der Waals surface area contributed by atoms with E-state index in [2.05, 4.69) is 22.9 Å². The number of nitrogens with zero attached hydrogens (tertiary/aromatic N) is 2. The molecule has 1 heterocycles. The molecule has 0 spiro atoms. The molecule has 0 aromatic rings. The van der Waals surface area contributed by atoms with E-state index < -0.39 is 6.04 Å². The highest BCUT2D eigenvalue weighted by Crippen LogP contribution is 2.15. The first kappa shape index (κ1) is 23.0. The molecule has 1 rings (SSSR count). The van der Waals surface area contributed by atoms with Crippen LogP contribution in [0.2, 0.25) is 0 Å². The van der Waals surface area contributed by atoms with Gasteiger partial charge in [-0.1, -0.05) is 33.6 Å². The maximum atomic E-state index is 13.0. The fourth-order valence-electron chi connectivity index (χ4n) is 3.17. The third kappa shape index (κ3) is 6.92. The maximum Gasteiger partial charge on any atom is 0.317 e. The fourth-order valence-corrected chi connectivity index (χ4v) is 3.17. The first-order valence-electron chi connectivity index (χ1n) is 10.2. The molecule has 156 valence electrons. The molecule has 1 aliphatic heterocycles. The Bertz CT molecular complexity index is 500. The second-order valence-corrected chi connectivity index (χ2v) is 7.28. The molecule has 3 atom stereocenters. The number of rotatable bonds is 8. The molecular weight excluding hydrogens is 346 g/mol. The Balaban J connectivity index is 2.69. The van der Waals surface area contributed by atoms with Crippen LogP contribution in [0.15, 0.2) is 0 Å². The lowest BCUT2D eigenvalue weighted by Gasteiger charge is -2.41. The van der Waals surface area contributed by atoms with Crippen molar-refractivity contribution >= 4 is 18.0 Å². The molecule has 0 aliphatic carbocycles. The smallest absolute Gasteiger partial charge is 0.317 e. The molecule has 0 radical (unpaired) electrons. The molecule has 0 bridgehead atoms. The Morgan fingerprint density at radius 2 is 1.81 bits per heavy atom. The molecule has 3 N–H and O–H groups in total. The predicted molar refractivity (Wildman–Crippen MR) is 107 cm³/mol. The second-order valence-electron chi connectivity index (χ2n) is 7.28. The van der Waals surface area contributed by atoms with Crippen molar-refractivity contribution in [3.05, 3.63) is 0 Å². The van der Waals surface area contributed by atoms with Crippen molar-refractivity contribution in [3.63, 3.8) is 0 Å². The van der Waals surface area contributed by atoms with Crippen LogP contribution in [-0.4, -0.2) is 72.6 Å². The van der Waals surface area contributed by atoms with Gasteiger partial charge in [0.25, 0.3) is 0 Å². The molecule has 1 saturated heterocycles. The van der Waals surface area contributed by atoms with Gasteiger partial charge in [0.05, 0.1) is 0 Å². The van der Waals surface area contributed by atoms with E-state index in [9.17, 15) is 14.4 Å². The van der Waals surface area contributed by atoms with Gasteiger partial charge in [-0.05, 0) is 26.2 Å². The Morgan fingerprint density at radius 3 is 2.37 bits per heavy atom. The molecule has 27 heavy (non-hydrogen) atoms. The summed E-state index contributed by atoms with van der Waals surface area (Å²) in [5.74, 6) is -0.0423. The number of piperazine rings is 1. The van der Waals surface area contributed by atoms with Crippen LogP contribution in [-0.2, 0) is 4.79 Å². The summed E-state index contributed by atoms with van der Waals surface area (Å²) in [7, 11) is 0. The van der Waals surface area contributed by atoms with Crippen LogP contribution < -0.4 is 16.0 Å². The van der Waals surface area contributed by atoms with E-state index in [-0.39, 0.29) is 29.9 Å². The molecular formula is C19H37N5O3. The highest BCUT2D eigenvalue weighted by molar-refractivity contribution is 5.87. The van der Waals surface area contributed by atoms with Gasteiger partial charge in [0, 0.05) is 38.8 Å². The predicted octanol–water partition coefficient (Wildman–Crippen LogP) is 1.76. The van der Waals surface area contributed by atoms with Crippen molar-refractivity contribution in [2.75, 3.05) is 32.7 Å². The van der Waals surface area contributed by atoms with E-state index >= 15 is 0 Å².